The van der Waals surface area contributed by atoms with Crippen LogP contribution in [0.4, 0.5) is 0 Å². The number of carbonyl (C=O) groups is 3. The number of methoxy groups -OCH3 is 1. The average Bonchev–Trinajstić information content (AvgIpc) is 2.83. The molecule has 154 valence electrons. The normalized spacial score (nSPS) is 34.8. The number of fused-ring (bicyclic) bond motifs is 1. The Morgan fingerprint density at radius 3 is 2.46 bits per heavy atom. The third kappa shape index (κ3) is 3.21. The van der Waals surface area contributed by atoms with E-state index < -0.39 is 22.2 Å². The van der Waals surface area contributed by atoms with Crippen LogP contribution in [0.1, 0.15) is 66.2 Å². The summed E-state index contributed by atoms with van der Waals surface area (Å²) in [5.41, 5.74) is -2.07. The van der Waals surface area contributed by atoms with E-state index in [9.17, 15) is 14.4 Å². The highest BCUT2D eigenvalue weighted by Gasteiger charge is 2.69. The molecule has 0 amide bonds. The van der Waals surface area contributed by atoms with Crippen LogP contribution in [0.15, 0.2) is 36.5 Å². The molecule has 0 heterocycles. The summed E-state index contributed by atoms with van der Waals surface area (Å²) in [6, 6.07) is 0. The lowest BCUT2D eigenvalue weighted by Gasteiger charge is -2.58. The Kier molecular flexibility index (Phi) is 6.52. The second kappa shape index (κ2) is 8.18. The topological polar surface area (TPSA) is 60.4 Å². The molecule has 0 aromatic rings. The molecule has 0 N–H and O–H groups in total. The maximum atomic E-state index is 14.2. The molecule has 0 bridgehead atoms. The van der Waals surface area contributed by atoms with E-state index in [2.05, 4.69) is 25.7 Å². The van der Waals surface area contributed by atoms with E-state index in [1.54, 1.807) is 6.08 Å². The van der Waals surface area contributed by atoms with E-state index in [-0.39, 0.29) is 30.3 Å². The molecule has 4 heteroatoms. The van der Waals surface area contributed by atoms with Gasteiger partial charge in [-0.1, -0.05) is 36.8 Å². The number of hydrogen-bond donors (Lipinski definition) is 0. The average molecular weight is 387 g/mol. The van der Waals surface area contributed by atoms with Gasteiger partial charge in [0.05, 0.1) is 12.5 Å². The van der Waals surface area contributed by atoms with Crippen molar-refractivity contribution in [2.45, 2.75) is 66.2 Å². The van der Waals surface area contributed by atoms with Crippen LogP contribution in [0, 0.1) is 22.2 Å². The first-order valence-electron chi connectivity index (χ1n) is 10.2. The van der Waals surface area contributed by atoms with Crippen molar-refractivity contribution in [2.24, 2.45) is 22.2 Å². The summed E-state index contributed by atoms with van der Waals surface area (Å²) in [4.78, 5) is 40.4. The quantitative estimate of drug-likeness (QED) is 0.367. The van der Waals surface area contributed by atoms with Gasteiger partial charge in [0.15, 0.2) is 5.78 Å². The molecule has 1 fully saturated rings. The minimum absolute atomic E-state index is 0.0393. The van der Waals surface area contributed by atoms with Crippen molar-refractivity contribution in [3.05, 3.63) is 36.5 Å². The number of allylic oxidation sites excluding steroid dienone is 5. The lowest BCUT2D eigenvalue weighted by atomic mass is 9.42. The molecule has 2 rings (SSSR count). The summed E-state index contributed by atoms with van der Waals surface area (Å²) in [5.74, 6) is -0.938. The van der Waals surface area contributed by atoms with Gasteiger partial charge >= 0.3 is 5.97 Å². The molecule has 0 aliphatic heterocycles. The fourth-order valence-electron chi connectivity index (χ4n) is 5.53. The second-order valence-corrected chi connectivity index (χ2v) is 8.91. The van der Waals surface area contributed by atoms with Crippen LogP contribution in [0.2, 0.25) is 0 Å². The number of rotatable bonds is 6. The Hall–Kier alpha value is -1.97. The minimum Gasteiger partial charge on any atom is -0.468 e. The number of carbonyl (C=O) groups excluding carboxylic acids is 3. The molecule has 0 aromatic carbocycles. The molecule has 2 aliphatic rings. The summed E-state index contributed by atoms with van der Waals surface area (Å²) in [6.45, 7) is 11.3. The van der Waals surface area contributed by atoms with Gasteiger partial charge in [-0.3, -0.25) is 14.4 Å². The number of Topliss-reactive ketones (excluding diaryl/α,β-unsaturated/α-hetero) is 2. The van der Waals surface area contributed by atoms with Gasteiger partial charge in [-0.05, 0) is 70.6 Å². The van der Waals surface area contributed by atoms with Crippen LogP contribution in [-0.4, -0.2) is 24.6 Å². The number of esters is 1. The number of hydrogen-bond acceptors (Lipinski definition) is 4. The molecule has 0 saturated heterocycles. The summed E-state index contributed by atoms with van der Waals surface area (Å²) >= 11 is 0. The largest absolute Gasteiger partial charge is 0.468 e. The van der Waals surface area contributed by atoms with Crippen LogP contribution in [0.5, 0.6) is 0 Å². The monoisotopic (exact) mass is 386 g/mol. The van der Waals surface area contributed by atoms with Gasteiger partial charge in [-0.25, -0.2) is 0 Å². The highest BCUT2D eigenvalue weighted by atomic mass is 16.5. The van der Waals surface area contributed by atoms with Gasteiger partial charge in [-0.2, -0.15) is 0 Å². The van der Waals surface area contributed by atoms with Gasteiger partial charge in [0.2, 0.25) is 0 Å². The van der Waals surface area contributed by atoms with E-state index in [1.165, 1.54) is 14.0 Å². The first kappa shape index (κ1) is 22.3. The Labute approximate surface area is 169 Å². The van der Waals surface area contributed by atoms with Gasteiger partial charge in [0.25, 0.3) is 0 Å². The zero-order valence-corrected chi connectivity index (χ0v) is 18.0. The van der Waals surface area contributed by atoms with Crippen molar-refractivity contribution in [2.75, 3.05) is 7.11 Å². The fourth-order valence-corrected chi connectivity index (χ4v) is 5.53. The van der Waals surface area contributed by atoms with Gasteiger partial charge in [0, 0.05) is 0 Å². The second-order valence-electron chi connectivity index (χ2n) is 8.91. The van der Waals surface area contributed by atoms with Crippen molar-refractivity contribution < 1.29 is 19.1 Å². The lowest BCUT2D eigenvalue weighted by molar-refractivity contribution is -0.182. The zero-order chi connectivity index (χ0) is 21.2. The summed E-state index contributed by atoms with van der Waals surface area (Å²) < 4.78 is 5.15. The highest BCUT2D eigenvalue weighted by molar-refractivity contribution is 6.17. The van der Waals surface area contributed by atoms with Crippen LogP contribution < -0.4 is 0 Å². The number of ketones is 2. The van der Waals surface area contributed by atoms with E-state index in [1.807, 2.05) is 19.9 Å². The lowest BCUT2D eigenvalue weighted by Crippen LogP contribution is -2.65. The zero-order valence-electron chi connectivity index (χ0n) is 18.0. The smallest absolute Gasteiger partial charge is 0.319 e. The highest BCUT2D eigenvalue weighted by Crippen LogP contribution is 2.64. The van der Waals surface area contributed by atoms with Gasteiger partial charge in [-0.15, -0.1) is 6.58 Å². The van der Waals surface area contributed by atoms with Crippen molar-refractivity contribution in [3.8, 4) is 0 Å². The predicted octanol–water partition coefficient (Wildman–Crippen LogP) is 4.99. The van der Waals surface area contributed by atoms with Crippen LogP contribution in [0.25, 0.3) is 0 Å². The standard InChI is InChI=1S/C24H34O4/c1-7-13-24(18(4)25)20(26)23(21(27)28-6,15-12-17(2)3)16-19-11-9-8-10-14-22(19,24)5/h7-9,12,19H,1,10-11,13-16H2,2-6H3/t19-,22+,23+,24+/m0/s1. The molecule has 0 radical (unpaired) electrons. The maximum absolute atomic E-state index is 14.2. The molecule has 4 nitrogen and oxygen atoms in total. The SMILES string of the molecule is C=CC[C@@]1(C(C)=O)C(=O)[C@](CC=C(C)C)(C(=O)OC)C[C@@H]2CC=CCC[C@]21C. The van der Waals surface area contributed by atoms with Gasteiger partial charge in [0.1, 0.15) is 11.2 Å². The fraction of sp³-hybridized carbons (Fsp3) is 0.625. The molecule has 0 unspecified atom stereocenters. The first-order valence-corrected chi connectivity index (χ1v) is 10.2. The molecular weight excluding hydrogens is 352 g/mol. The van der Waals surface area contributed by atoms with Crippen LogP contribution >= 0.6 is 0 Å². The van der Waals surface area contributed by atoms with Crippen molar-refractivity contribution in [3.63, 3.8) is 0 Å². The van der Waals surface area contributed by atoms with Crippen molar-refractivity contribution in [1.29, 1.82) is 0 Å². The molecule has 0 spiro atoms. The molecule has 2 aliphatic carbocycles. The van der Waals surface area contributed by atoms with Crippen LogP contribution in [-0.2, 0) is 19.1 Å². The Morgan fingerprint density at radius 2 is 1.93 bits per heavy atom. The van der Waals surface area contributed by atoms with Gasteiger partial charge < -0.3 is 4.74 Å². The summed E-state index contributed by atoms with van der Waals surface area (Å²) in [5, 5.41) is 0. The van der Waals surface area contributed by atoms with E-state index >= 15 is 0 Å². The third-order valence-corrected chi connectivity index (χ3v) is 7.20. The Balaban J connectivity index is 2.80. The first-order chi connectivity index (χ1) is 13.1. The van der Waals surface area contributed by atoms with Crippen molar-refractivity contribution >= 4 is 17.5 Å². The summed E-state index contributed by atoms with van der Waals surface area (Å²) in [6.07, 6.45) is 11.1. The van der Waals surface area contributed by atoms with Crippen LogP contribution in [0.3, 0.4) is 0 Å². The molecule has 4 atom stereocenters. The van der Waals surface area contributed by atoms with E-state index in [0.717, 1.165) is 24.8 Å². The van der Waals surface area contributed by atoms with E-state index in [0.29, 0.717) is 6.42 Å². The molecular formula is C24H34O4. The third-order valence-electron chi connectivity index (χ3n) is 7.20. The van der Waals surface area contributed by atoms with Crippen molar-refractivity contribution in [1.82, 2.24) is 0 Å². The minimum atomic E-state index is -1.33. The Morgan fingerprint density at radius 1 is 1.25 bits per heavy atom. The maximum Gasteiger partial charge on any atom is 0.319 e. The van der Waals surface area contributed by atoms with E-state index in [4.69, 9.17) is 4.74 Å². The number of ether oxygens (including phenoxy) is 1. The summed E-state index contributed by atoms with van der Waals surface area (Å²) in [7, 11) is 1.32. The molecule has 0 aromatic heterocycles. The molecule has 28 heavy (non-hydrogen) atoms. The predicted molar refractivity (Wildman–Crippen MR) is 111 cm³/mol. The Bertz CT molecular complexity index is 727. The molecule has 1 saturated carbocycles.